The Labute approximate surface area is 178 Å². The minimum Gasteiger partial charge on any atom is -0.481 e. The molecule has 1 aliphatic carbocycles. The topological polar surface area (TPSA) is 63.2 Å². The standard InChI is InChI=1S/C24H31N5O/c1-5-16-13-17(21-7-6-12-25-23(21)30-4)14-18-15-26-24(28-22(16)18)27-19-8-10-20(11-9-19)29(2)3/h6-7,12-15,19-20H,5,8-11H2,1-4H3,(H,26,27,28). The van der Waals surface area contributed by atoms with Gasteiger partial charge in [-0.3, -0.25) is 0 Å². The molecule has 4 rings (SSSR count). The van der Waals surface area contributed by atoms with Crippen molar-refractivity contribution in [3.63, 3.8) is 0 Å². The van der Waals surface area contributed by atoms with Crippen molar-refractivity contribution in [2.45, 2.75) is 51.1 Å². The van der Waals surface area contributed by atoms with Crippen LogP contribution in [0.4, 0.5) is 5.95 Å². The van der Waals surface area contributed by atoms with Crippen LogP contribution >= 0.6 is 0 Å². The number of aryl methyl sites for hydroxylation is 1. The van der Waals surface area contributed by atoms with Crippen LogP contribution in [0, 0.1) is 0 Å². The van der Waals surface area contributed by atoms with Crippen molar-refractivity contribution in [3.05, 3.63) is 42.2 Å². The van der Waals surface area contributed by atoms with Crippen LogP contribution in [0.5, 0.6) is 5.88 Å². The number of fused-ring (bicyclic) bond motifs is 1. The second kappa shape index (κ2) is 8.96. The predicted molar refractivity (Wildman–Crippen MR) is 122 cm³/mol. The smallest absolute Gasteiger partial charge is 0.223 e. The van der Waals surface area contributed by atoms with E-state index in [1.807, 2.05) is 18.3 Å². The van der Waals surface area contributed by atoms with Gasteiger partial charge in [-0.05, 0) is 81.6 Å². The summed E-state index contributed by atoms with van der Waals surface area (Å²) >= 11 is 0. The Hall–Kier alpha value is -2.73. The molecule has 2 aromatic heterocycles. The molecule has 0 atom stereocenters. The first-order valence-electron chi connectivity index (χ1n) is 10.8. The molecule has 2 heterocycles. The van der Waals surface area contributed by atoms with E-state index in [4.69, 9.17) is 9.72 Å². The van der Waals surface area contributed by atoms with E-state index < -0.39 is 0 Å². The molecule has 1 N–H and O–H groups in total. The largest absolute Gasteiger partial charge is 0.481 e. The van der Waals surface area contributed by atoms with E-state index in [0.29, 0.717) is 18.0 Å². The molecular formula is C24H31N5O. The molecular weight excluding hydrogens is 374 g/mol. The lowest BCUT2D eigenvalue weighted by Gasteiger charge is -2.32. The summed E-state index contributed by atoms with van der Waals surface area (Å²) in [5, 5.41) is 4.62. The summed E-state index contributed by atoms with van der Waals surface area (Å²) in [6.45, 7) is 2.16. The maximum absolute atomic E-state index is 5.46. The molecule has 158 valence electrons. The van der Waals surface area contributed by atoms with E-state index in [0.717, 1.165) is 47.2 Å². The van der Waals surface area contributed by atoms with E-state index in [-0.39, 0.29) is 0 Å². The molecule has 3 aromatic rings. The number of hydrogen-bond acceptors (Lipinski definition) is 6. The third-order valence-electron chi connectivity index (χ3n) is 6.18. The Balaban J connectivity index is 1.60. The van der Waals surface area contributed by atoms with Crippen LogP contribution < -0.4 is 10.1 Å². The second-order valence-corrected chi connectivity index (χ2v) is 8.29. The Morgan fingerprint density at radius 3 is 2.63 bits per heavy atom. The number of rotatable bonds is 6. The molecule has 0 unspecified atom stereocenters. The fraction of sp³-hybridized carbons (Fsp3) is 0.458. The number of benzene rings is 1. The molecule has 1 saturated carbocycles. The van der Waals surface area contributed by atoms with Gasteiger partial charge in [-0.2, -0.15) is 0 Å². The highest BCUT2D eigenvalue weighted by atomic mass is 16.5. The number of pyridine rings is 1. The number of ether oxygens (including phenoxy) is 1. The maximum atomic E-state index is 5.46. The van der Waals surface area contributed by atoms with Gasteiger partial charge in [-0.15, -0.1) is 0 Å². The summed E-state index contributed by atoms with van der Waals surface area (Å²) in [5.41, 5.74) is 4.28. The molecule has 6 heteroatoms. The summed E-state index contributed by atoms with van der Waals surface area (Å²) in [5.74, 6) is 1.36. The van der Waals surface area contributed by atoms with E-state index in [1.165, 1.54) is 18.4 Å². The monoisotopic (exact) mass is 405 g/mol. The Morgan fingerprint density at radius 1 is 1.13 bits per heavy atom. The number of anilines is 1. The molecule has 30 heavy (non-hydrogen) atoms. The van der Waals surface area contributed by atoms with Crippen molar-refractivity contribution in [2.24, 2.45) is 0 Å². The molecule has 0 spiro atoms. The van der Waals surface area contributed by atoms with Crippen LogP contribution in [-0.4, -0.2) is 53.1 Å². The van der Waals surface area contributed by atoms with Crippen LogP contribution in [0.2, 0.25) is 0 Å². The van der Waals surface area contributed by atoms with Gasteiger partial charge in [0, 0.05) is 35.4 Å². The summed E-state index contributed by atoms with van der Waals surface area (Å²) < 4.78 is 5.46. The summed E-state index contributed by atoms with van der Waals surface area (Å²) in [7, 11) is 6.00. The predicted octanol–water partition coefficient (Wildman–Crippen LogP) is 4.55. The average Bonchev–Trinajstić information content (AvgIpc) is 2.78. The van der Waals surface area contributed by atoms with Gasteiger partial charge in [0.25, 0.3) is 0 Å². The fourth-order valence-corrected chi connectivity index (χ4v) is 4.41. The first-order chi connectivity index (χ1) is 14.6. The number of methoxy groups -OCH3 is 1. The highest BCUT2D eigenvalue weighted by molar-refractivity contribution is 5.88. The summed E-state index contributed by atoms with van der Waals surface area (Å²) in [6, 6.07) is 9.43. The van der Waals surface area contributed by atoms with Crippen molar-refractivity contribution in [1.29, 1.82) is 0 Å². The number of nitrogens with zero attached hydrogens (tertiary/aromatic N) is 4. The fourth-order valence-electron chi connectivity index (χ4n) is 4.41. The quantitative estimate of drug-likeness (QED) is 0.649. The second-order valence-electron chi connectivity index (χ2n) is 8.29. The number of hydrogen-bond donors (Lipinski definition) is 1. The molecule has 1 fully saturated rings. The van der Waals surface area contributed by atoms with Gasteiger partial charge in [-0.1, -0.05) is 6.92 Å². The van der Waals surface area contributed by atoms with Gasteiger partial charge in [-0.25, -0.2) is 15.0 Å². The Kier molecular flexibility index (Phi) is 6.13. The minimum absolute atomic E-state index is 0.447. The van der Waals surface area contributed by atoms with E-state index in [9.17, 15) is 0 Å². The zero-order valence-corrected chi connectivity index (χ0v) is 18.4. The molecule has 0 radical (unpaired) electrons. The number of aromatic nitrogens is 3. The Morgan fingerprint density at radius 2 is 1.93 bits per heavy atom. The van der Waals surface area contributed by atoms with E-state index in [1.54, 1.807) is 13.3 Å². The normalized spacial score (nSPS) is 19.2. The zero-order chi connectivity index (χ0) is 21.1. The van der Waals surface area contributed by atoms with Gasteiger partial charge in [0.1, 0.15) is 0 Å². The lowest BCUT2D eigenvalue weighted by Crippen LogP contribution is -2.36. The van der Waals surface area contributed by atoms with Crippen LogP contribution in [0.15, 0.2) is 36.7 Å². The zero-order valence-electron chi connectivity index (χ0n) is 18.4. The minimum atomic E-state index is 0.447. The van der Waals surface area contributed by atoms with E-state index >= 15 is 0 Å². The van der Waals surface area contributed by atoms with Gasteiger partial charge in [0.05, 0.1) is 12.6 Å². The highest BCUT2D eigenvalue weighted by Gasteiger charge is 2.23. The third kappa shape index (κ3) is 4.24. The molecule has 0 amide bonds. The molecule has 0 aliphatic heterocycles. The maximum Gasteiger partial charge on any atom is 0.223 e. The lowest BCUT2D eigenvalue weighted by atomic mass is 9.90. The summed E-state index contributed by atoms with van der Waals surface area (Å²) in [6.07, 6.45) is 9.33. The van der Waals surface area contributed by atoms with Crippen molar-refractivity contribution >= 4 is 16.9 Å². The van der Waals surface area contributed by atoms with Crippen molar-refractivity contribution < 1.29 is 4.74 Å². The molecule has 0 saturated heterocycles. The average molecular weight is 406 g/mol. The van der Waals surface area contributed by atoms with Crippen LogP contribution in [0.3, 0.4) is 0 Å². The van der Waals surface area contributed by atoms with Crippen LogP contribution in [0.1, 0.15) is 38.2 Å². The van der Waals surface area contributed by atoms with Gasteiger partial charge >= 0.3 is 0 Å². The summed E-state index contributed by atoms with van der Waals surface area (Å²) in [4.78, 5) is 16.2. The number of nitrogens with one attached hydrogen (secondary N) is 1. The van der Waals surface area contributed by atoms with Gasteiger partial charge in [0.15, 0.2) is 0 Å². The first kappa shape index (κ1) is 20.5. The highest BCUT2D eigenvalue weighted by Crippen LogP contribution is 2.32. The molecule has 1 aromatic carbocycles. The lowest BCUT2D eigenvalue weighted by molar-refractivity contribution is 0.221. The Bertz CT molecular complexity index is 1010. The molecule has 1 aliphatic rings. The van der Waals surface area contributed by atoms with E-state index in [2.05, 4.69) is 53.3 Å². The first-order valence-corrected chi connectivity index (χ1v) is 10.8. The van der Waals surface area contributed by atoms with Crippen LogP contribution in [0.25, 0.3) is 22.0 Å². The molecule has 6 nitrogen and oxygen atoms in total. The SMILES string of the molecule is CCc1cc(-c2cccnc2OC)cc2cnc(NC3CCC(N(C)C)CC3)nc12. The van der Waals surface area contributed by atoms with Gasteiger partial charge < -0.3 is 15.0 Å². The van der Waals surface area contributed by atoms with Crippen molar-refractivity contribution in [2.75, 3.05) is 26.5 Å². The van der Waals surface area contributed by atoms with Crippen LogP contribution in [-0.2, 0) is 6.42 Å². The van der Waals surface area contributed by atoms with Gasteiger partial charge in [0.2, 0.25) is 11.8 Å². The molecule has 0 bridgehead atoms. The van der Waals surface area contributed by atoms with Crippen molar-refractivity contribution in [3.8, 4) is 17.0 Å². The third-order valence-corrected chi connectivity index (χ3v) is 6.18. The van der Waals surface area contributed by atoms with Crippen molar-refractivity contribution in [1.82, 2.24) is 19.9 Å².